The molecule has 2 amide bonds. The largest absolute Gasteiger partial charge is 0.454 e. The molecule has 12 nitrogen and oxygen atoms in total. The topological polar surface area (TPSA) is 155 Å². The van der Waals surface area contributed by atoms with E-state index in [-0.39, 0.29) is 42.0 Å². The minimum atomic E-state index is -1.58. The maximum atomic E-state index is 12.8. The highest BCUT2D eigenvalue weighted by Gasteiger charge is 2.50. The Morgan fingerprint density at radius 1 is 1.34 bits per heavy atom. The number of aromatic nitrogens is 2. The first-order valence-electron chi connectivity index (χ1n) is 11.5. The van der Waals surface area contributed by atoms with Gasteiger partial charge in [-0.2, -0.15) is 4.99 Å². The number of hydrogen-bond acceptors (Lipinski definition) is 8. The highest BCUT2D eigenvalue weighted by Crippen LogP contribution is 2.32. The molecule has 3 N–H and O–H groups in total. The van der Waals surface area contributed by atoms with Gasteiger partial charge in [-0.15, -0.1) is 0 Å². The Balaban J connectivity index is 1.48. The number of fused-ring (bicyclic) bond motifs is 2. The van der Waals surface area contributed by atoms with Crippen molar-refractivity contribution in [3.63, 3.8) is 0 Å². The van der Waals surface area contributed by atoms with Crippen LogP contribution < -0.4 is 16.6 Å². The number of benzene rings is 1. The summed E-state index contributed by atoms with van der Waals surface area (Å²) in [5.41, 5.74) is -2.84. The smallest absolute Gasteiger partial charge is 0.410 e. The first kappa shape index (κ1) is 24.5. The molecule has 2 aliphatic rings. The second-order valence-corrected chi connectivity index (χ2v) is 9.68. The summed E-state index contributed by atoms with van der Waals surface area (Å²) in [6.07, 6.45) is -0.662. The number of amidine groups is 1. The number of aliphatic imine (C=N–C) groups is 1. The van der Waals surface area contributed by atoms with E-state index < -0.39 is 40.7 Å². The van der Waals surface area contributed by atoms with Crippen LogP contribution in [0.1, 0.15) is 50.9 Å². The molecule has 1 aromatic carbocycles. The summed E-state index contributed by atoms with van der Waals surface area (Å²) in [7, 11) is 0. The van der Waals surface area contributed by atoms with Gasteiger partial charge in [0, 0.05) is 25.1 Å². The normalized spacial score (nSPS) is 21.8. The standard InChI is InChI=1S/C23H29N5O7/c1-5-9-28-18(30)14-7-6-13(11-15(14)24-20(28)31)17(29)25-19-26-23(33)8-10-27(12-16(23)34-19)21(32)35-22(2,3)4/h6-7,11,16,33H,5,8-10,12H2,1-4H3,(H,24,31)(H,25,26,29). The molecule has 188 valence electrons. The third kappa shape index (κ3) is 4.92. The van der Waals surface area contributed by atoms with E-state index in [1.54, 1.807) is 20.8 Å². The Morgan fingerprint density at radius 2 is 2.09 bits per heavy atom. The average molecular weight is 488 g/mol. The summed E-state index contributed by atoms with van der Waals surface area (Å²) >= 11 is 0. The lowest BCUT2D eigenvalue weighted by molar-refractivity contribution is -0.0861. The number of piperidine rings is 1. The third-order valence-corrected chi connectivity index (χ3v) is 5.76. The number of hydrogen-bond donors (Lipinski definition) is 3. The molecular formula is C23H29N5O7. The number of ether oxygens (including phenoxy) is 2. The number of rotatable bonds is 3. The van der Waals surface area contributed by atoms with Crippen molar-refractivity contribution in [3.8, 4) is 0 Å². The van der Waals surface area contributed by atoms with Gasteiger partial charge in [-0.05, 0) is 45.4 Å². The second kappa shape index (κ2) is 8.84. The van der Waals surface area contributed by atoms with E-state index >= 15 is 0 Å². The van der Waals surface area contributed by atoms with Crippen LogP contribution in [0.3, 0.4) is 0 Å². The SMILES string of the molecule is CCCn1c(=O)[nH]c2cc(C(=O)NC3=NC4(O)CCN(C(=O)OC(C)(C)C)CC4O3)ccc2c1=O. The van der Waals surface area contributed by atoms with Gasteiger partial charge in [0.05, 0.1) is 17.4 Å². The van der Waals surface area contributed by atoms with E-state index in [9.17, 15) is 24.3 Å². The lowest BCUT2D eigenvalue weighted by Crippen LogP contribution is -2.55. The molecule has 0 radical (unpaired) electrons. The van der Waals surface area contributed by atoms with Gasteiger partial charge in [0.25, 0.3) is 17.5 Å². The summed E-state index contributed by atoms with van der Waals surface area (Å²) in [4.78, 5) is 58.2. The minimum absolute atomic E-state index is 0.0372. The lowest BCUT2D eigenvalue weighted by atomic mass is 9.99. The van der Waals surface area contributed by atoms with E-state index in [1.165, 1.54) is 23.1 Å². The Bertz CT molecular complexity index is 1320. The fourth-order valence-electron chi connectivity index (χ4n) is 4.04. The molecular weight excluding hydrogens is 458 g/mol. The minimum Gasteiger partial charge on any atom is -0.454 e. The first-order valence-corrected chi connectivity index (χ1v) is 11.5. The molecule has 0 aliphatic carbocycles. The molecule has 2 unspecified atom stereocenters. The average Bonchev–Trinajstić information content (AvgIpc) is 3.09. The Hall–Kier alpha value is -3.67. The molecule has 12 heteroatoms. The summed E-state index contributed by atoms with van der Waals surface area (Å²) in [5.74, 6) is -0.601. The summed E-state index contributed by atoms with van der Waals surface area (Å²) in [6, 6.07) is 4.14. The van der Waals surface area contributed by atoms with Gasteiger partial charge < -0.3 is 24.5 Å². The Labute approximate surface area is 200 Å². The Kier molecular flexibility index (Phi) is 6.18. The second-order valence-electron chi connectivity index (χ2n) is 9.68. The first-order chi connectivity index (χ1) is 16.4. The van der Waals surface area contributed by atoms with Crippen LogP contribution in [0.25, 0.3) is 10.9 Å². The molecule has 2 aromatic rings. The number of nitrogens with one attached hydrogen (secondary N) is 2. The van der Waals surface area contributed by atoms with Crippen LogP contribution >= 0.6 is 0 Å². The summed E-state index contributed by atoms with van der Waals surface area (Å²) < 4.78 is 12.1. The molecule has 0 saturated carbocycles. The zero-order valence-electron chi connectivity index (χ0n) is 20.1. The number of amides is 2. The highest BCUT2D eigenvalue weighted by atomic mass is 16.6. The molecule has 1 saturated heterocycles. The molecule has 0 spiro atoms. The van der Waals surface area contributed by atoms with Crippen LogP contribution in [-0.4, -0.2) is 68.1 Å². The van der Waals surface area contributed by atoms with Crippen molar-refractivity contribution in [2.45, 2.75) is 64.5 Å². The van der Waals surface area contributed by atoms with Crippen molar-refractivity contribution < 1.29 is 24.2 Å². The van der Waals surface area contributed by atoms with Gasteiger partial charge in [-0.1, -0.05) is 6.92 Å². The van der Waals surface area contributed by atoms with E-state index in [4.69, 9.17) is 9.47 Å². The van der Waals surface area contributed by atoms with E-state index in [0.717, 1.165) is 4.57 Å². The van der Waals surface area contributed by atoms with Crippen LogP contribution in [0.5, 0.6) is 0 Å². The van der Waals surface area contributed by atoms with Crippen molar-refractivity contribution in [2.24, 2.45) is 4.99 Å². The Morgan fingerprint density at radius 3 is 2.77 bits per heavy atom. The summed E-state index contributed by atoms with van der Waals surface area (Å²) in [5, 5.41) is 13.6. The number of carbonyl (C=O) groups is 2. The number of aliphatic hydroxyl groups is 1. The molecule has 0 bridgehead atoms. The molecule has 2 atom stereocenters. The predicted molar refractivity (Wildman–Crippen MR) is 126 cm³/mol. The number of likely N-dealkylation sites (tertiary alicyclic amines) is 1. The third-order valence-electron chi connectivity index (χ3n) is 5.76. The maximum Gasteiger partial charge on any atom is 0.410 e. The summed E-state index contributed by atoms with van der Waals surface area (Å²) in [6.45, 7) is 7.68. The van der Waals surface area contributed by atoms with Crippen LogP contribution in [-0.2, 0) is 16.0 Å². The molecule has 1 aromatic heterocycles. The van der Waals surface area contributed by atoms with Crippen molar-refractivity contribution in [1.29, 1.82) is 0 Å². The van der Waals surface area contributed by atoms with E-state index in [2.05, 4.69) is 15.3 Å². The van der Waals surface area contributed by atoms with Crippen molar-refractivity contribution in [3.05, 3.63) is 44.6 Å². The molecule has 2 aliphatic heterocycles. The zero-order chi connectivity index (χ0) is 25.5. The monoisotopic (exact) mass is 487 g/mol. The quantitative estimate of drug-likeness (QED) is 0.581. The fraction of sp³-hybridized carbons (Fsp3) is 0.522. The van der Waals surface area contributed by atoms with Crippen molar-refractivity contribution in [2.75, 3.05) is 13.1 Å². The molecule has 1 fully saturated rings. The number of carbonyl (C=O) groups excluding carboxylic acids is 2. The number of aromatic amines is 1. The van der Waals surface area contributed by atoms with Crippen molar-refractivity contribution >= 4 is 28.9 Å². The van der Waals surface area contributed by atoms with Gasteiger partial charge in [0.1, 0.15) is 5.60 Å². The van der Waals surface area contributed by atoms with Crippen LogP contribution in [0.15, 0.2) is 32.8 Å². The zero-order valence-corrected chi connectivity index (χ0v) is 20.1. The van der Waals surface area contributed by atoms with Gasteiger partial charge >= 0.3 is 11.8 Å². The van der Waals surface area contributed by atoms with Gasteiger partial charge in [0.15, 0.2) is 6.10 Å². The van der Waals surface area contributed by atoms with Crippen molar-refractivity contribution in [1.82, 2.24) is 19.8 Å². The number of nitrogens with zero attached hydrogens (tertiary/aromatic N) is 3. The molecule has 3 heterocycles. The van der Waals surface area contributed by atoms with Crippen LogP contribution in [0.2, 0.25) is 0 Å². The maximum absolute atomic E-state index is 12.8. The predicted octanol–water partition coefficient (Wildman–Crippen LogP) is 0.914. The molecule has 4 rings (SSSR count). The van der Waals surface area contributed by atoms with E-state index in [1.807, 2.05) is 6.92 Å². The highest BCUT2D eigenvalue weighted by molar-refractivity contribution is 6.06. The fourth-order valence-corrected chi connectivity index (χ4v) is 4.04. The van der Waals surface area contributed by atoms with Crippen LogP contribution in [0.4, 0.5) is 4.79 Å². The van der Waals surface area contributed by atoms with Crippen LogP contribution in [0, 0.1) is 0 Å². The van der Waals surface area contributed by atoms with E-state index in [0.29, 0.717) is 13.0 Å². The molecule has 35 heavy (non-hydrogen) atoms. The van der Waals surface area contributed by atoms with Gasteiger partial charge in [0.2, 0.25) is 5.72 Å². The lowest BCUT2D eigenvalue weighted by Gasteiger charge is -2.37. The number of H-pyrrole nitrogens is 1. The van der Waals surface area contributed by atoms with Gasteiger partial charge in [-0.3, -0.25) is 19.5 Å². The van der Waals surface area contributed by atoms with Gasteiger partial charge in [-0.25, -0.2) is 9.59 Å².